The van der Waals surface area contributed by atoms with Gasteiger partial charge in [0.15, 0.2) is 0 Å². The van der Waals surface area contributed by atoms with Crippen LogP contribution in [0.5, 0.6) is 0 Å². The maximum absolute atomic E-state index is 10.3. The molecular weight excluding hydrogens is 364 g/mol. The average molecular weight is 415 g/mol. The van der Waals surface area contributed by atoms with Crippen molar-refractivity contribution in [2.75, 3.05) is 0 Å². The molecule has 0 bridgehead atoms. The largest absolute Gasteiger partial charge is 0.393 e. The van der Waals surface area contributed by atoms with E-state index < -0.39 is 0 Å². The van der Waals surface area contributed by atoms with Gasteiger partial charge >= 0.3 is 0 Å². The Bertz CT molecular complexity index is 634. The van der Waals surface area contributed by atoms with Crippen LogP contribution in [-0.4, -0.2) is 11.2 Å². The van der Waals surface area contributed by atoms with E-state index in [0.717, 1.165) is 48.3 Å². The van der Waals surface area contributed by atoms with Gasteiger partial charge in [-0.05, 0) is 123 Å². The Hall–Kier alpha value is -0.300. The standard InChI is InChI=1S/C29H50O/c1-7-21(16-19(2)3)17-20(4)25-10-11-26-24-9-8-22-18-23(30)12-14-28(22,5)27(24)13-15-29(25,26)6/h16,19-20,22-27,30H,7-15,17-18H2,1-6H3/t20-,22?,23+,24+,25-,26+,27+,28+,29-/m1/s1. The number of aliphatic hydroxyl groups is 1. The molecule has 0 aromatic rings. The van der Waals surface area contributed by atoms with Crippen LogP contribution in [-0.2, 0) is 0 Å². The van der Waals surface area contributed by atoms with Crippen molar-refractivity contribution in [3.8, 4) is 0 Å². The van der Waals surface area contributed by atoms with Crippen LogP contribution in [0.3, 0.4) is 0 Å². The first kappa shape index (κ1) is 22.9. The molecule has 1 nitrogen and oxygen atoms in total. The van der Waals surface area contributed by atoms with Gasteiger partial charge in [0.2, 0.25) is 0 Å². The molecule has 1 unspecified atom stereocenters. The van der Waals surface area contributed by atoms with Gasteiger partial charge in [-0.2, -0.15) is 0 Å². The van der Waals surface area contributed by atoms with E-state index in [-0.39, 0.29) is 6.10 Å². The van der Waals surface area contributed by atoms with E-state index in [1.54, 1.807) is 5.57 Å². The van der Waals surface area contributed by atoms with Crippen molar-refractivity contribution in [3.63, 3.8) is 0 Å². The van der Waals surface area contributed by atoms with Gasteiger partial charge in [-0.25, -0.2) is 0 Å². The zero-order valence-corrected chi connectivity index (χ0v) is 20.9. The summed E-state index contributed by atoms with van der Waals surface area (Å²) in [6.45, 7) is 14.9. The maximum Gasteiger partial charge on any atom is 0.0543 e. The lowest BCUT2D eigenvalue weighted by molar-refractivity contribution is -0.129. The molecule has 4 saturated carbocycles. The van der Waals surface area contributed by atoms with Gasteiger partial charge in [0.1, 0.15) is 0 Å². The summed E-state index contributed by atoms with van der Waals surface area (Å²) in [7, 11) is 0. The van der Waals surface area contributed by atoms with E-state index in [1.165, 1.54) is 57.8 Å². The highest BCUT2D eigenvalue weighted by Gasteiger charge is 2.60. The minimum Gasteiger partial charge on any atom is -0.393 e. The molecule has 0 aliphatic heterocycles. The number of hydrogen-bond acceptors (Lipinski definition) is 1. The molecule has 0 amide bonds. The molecule has 30 heavy (non-hydrogen) atoms. The normalized spacial score (nSPS) is 47.5. The third-order valence-electron chi connectivity index (χ3n) is 11.0. The van der Waals surface area contributed by atoms with E-state index in [1.807, 2.05) is 0 Å². The lowest BCUT2D eigenvalue weighted by Crippen LogP contribution is -2.54. The molecule has 0 radical (unpaired) electrons. The first-order valence-electron chi connectivity index (χ1n) is 13.6. The molecule has 172 valence electrons. The molecule has 4 fully saturated rings. The molecular formula is C29H50O. The zero-order valence-electron chi connectivity index (χ0n) is 20.9. The summed E-state index contributed by atoms with van der Waals surface area (Å²) < 4.78 is 0. The Morgan fingerprint density at radius 2 is 1.63 bits per heavy atom. The van der Waals surface area contributed by atoms with Crippen molar-refractivity contribution < 1.29 is 5.11 Å². The third kappa shape index (κ3) is 3.84. The molecule has 4 aliphatic carbocycles. The molecule has 9 atom stereocenters. The van der Waals surface area contributed by atoms with Gasteiger partial charge in [-0.3, -0.25) is 0 Å². The summed E-state index contributed by atoms with van der Waals surface area (Å²) in [5.41, 5.74) is 2.80. The summed E-state index contributed by atoms with van der Waals surface area (Å²) in [4.78, 5) is 0. The second kappa shape index (κ2) is 8.57. The predicted molar refractivity (Wildman–Crippen MR) is 128 cm³/mol. The fourth-order valence-electron chi connectivity index (χ4n) is 9.57. The van der Waals surface area contributed by atoms with Crippen molar-refractivity contribution in [1.29, 1.82) is 0 Å². The fraction of sp³-hybridized carbons (Fsp3) is 0.931. The number of fused-ring (bicyclic) bond motifs is 5. The maximum atomic E-state index is 10.3. The minimum absolute atomic E-state index is 0.0168. The van der Waals surface area contributed by atoms with Crippen LogP contribution >= 0.6 is 0 Å². The second-order valence-corrected chi connectivity index (χ2v) is 12.9. The minimum atomic E-state index is -0.0168. The van der Waals surface area contributed by atoms with E-state index in [2.05, 4.69) is 47.6 Å². The number of allylic oxidation sites excluding steroid dienone is 2. The van der Waals surface area contributed by atoms with Crippen molar-refractivity contribution in [3.05, 3.63) is 11.6 Å². The van der Waals surface area contributed by atoms with Crippen molar-refractivity contribution in [2.24, 2.45) is 52.3 Å². The lowest BCUT2D eigenvalue weighted by Gasteiger charge is -2.61. The van der Waals surface area contributed by atoms with Crippen LogP contribution in [0.15, 0.2) is 11.6 Å². The molecule has 0 heterocycles. The molecule has 0 aromatic carbocycles. The van der Waals surface area contributed by atoms with Crippen molar-refractivity contribution in [2.45, 2.75) is 118 Å². The molecule has 0 aromatic heterocycles. The molecule has 4 aliphatic rings. The topological polar surface area (TPSA) is 20.2 Å². The summed E-state index contributed by atoms with van der Waals surface area (Å²) in [6, 6.07) is 0. The van der Waals surface area contributed by atoms with Gasteiger partial charge in [0, 0.05) is 0 Å². The Kier molecular flexibility index (Phi) is 6.53. The number of hydrogen-bond donors (Lipinski definition) is 1. The number of aliphatic hydroxyl groups excluding tert-OH is 1. The predicted octanol–water partition coefficient (Wildman–Crippen LogP) is 8.02. The Balaban J connectivity index is 1.50. The molecule has 0 spiro atoms. The van der Waals surface area contributed by atoms with Crippen LogP contribution in [0.4, 0.5) is 0 Å². The highest BCUT2D eigenvalue weighted by Crippen LogP contribution is 2.68. The van der Waals surface area contributed by atoms with Crippen LogP contribution in [0, 0.1) is 52.3 Å². The van der Waals surface area contributed by atoms with Crippen LogP contribution in [0.25, 0.3) is 0 Å². The molecule has 0 saturated heterocycles. The fourth-order valence-corrected chi connectivity index (χ4v) is 9.57. The van der Waals surface area contributed by atoms with Gasteiger partial charge in [-0.1, -0.05) is 53.2 Å². The average Bonchev–Trinajstić information content (AvgIpc) is 3.05. The monoisotopic (exact) mass is 414 g/mol. The first-order valence-corrected chi connectivity index (χ1v) is 13.6. The van der Waals surface area contributed by atoms with E-state index in [4.69, 9.17) is 0 Å². The summed E-state index contributed by atoms with van der Waals surface area (Å²) in [5, 5.41) is 10.3. The smallest absolute Gasteiger partial charge is 0.0543 e. The van der Waals surface area contributed by atoms with E-state index >= 15 is 0 Å². The molecule has 1 heteroatoms. The van der Waals surface area contributed by atoms with Crippen molar-refractivity contribution in [1.82, 2.24) is 0 Å². The van der Waals surface area contributed by atoms with Crippen LogP contribution in [0.1, 0.15) is 112 Å². The van der Waals surface area contributed by atoms with Gasteiger partial charge < -0.3 is 5.11 Å². The first-order chi connectivity index (χ1) is 14.2. The van der Waals surface area contributed by atoms with Gasteiger partial charge in [0.25, 0.3) is 0 Å². The quantitative estimate of drug-likeness (QED) is 0.451. The SMILES string of the molecule is CCC(=CC(C)C)C[C@@H](C)[C@H]1CC[C@H]2[C@@H]3CCC4C[C@@H](O)CC[C@]4(C)[C@H]3CC[C@]12C. The Morgan fingerprint density at radius 1 is 0.933 bits per heavy atom. The highest BCUT2D eigenvalue weighted by molar-refractivity contribution is 5.11. The third-order valence-corrected chi connectivity index (χ3v) is 11.0. The van der Waals surface area contributed by atoms with Gasteiger partial charge in [-0.15, -0.1) is 0 Å². The Labute approximate surface area is 187 Å². The summed E-state index contributed by atoms with van der Waals surface area (Å²) in [6.07, 6.45) is 17.2. The van der Waals surface area contributed by atoms with Crippen LogP contribution in [0.2, 0.25) is 0 Å². The molecule has 1 N–H and O–H groups in total. The Morgan fingerprint density at radius 3 is 2.33 bits per heavy atom. The summed E-state index contributed by atoms with van der Waals surface area (Å²) in [5.74, 6) is 6.09. The second-order valence-electron chi connectivity index (χ2n) is 12.9. The molecule has 4 rings (SSSR count). The summed E-state index contributed by atoms with van der Waals surface area (Å²) >= 11 is 0. The number of rotatable bonds is 5. The zero-order chi connectivity index (χ0) is 21.7. The van der Waals surface area contributed by atoms with E-state index in [0.29, 0.717) is 16.7 Å². The highest BCUT2D eigenvalue weighted by atomic mass is 16.3. The van der Waals surface area contributed by atoms with Crippen LogP contribution < -0.4 is 0 Å². The van der Waals surface area contributed by atoms with E-state index in [9.17, 15) is 5.11 Å². The lowest BCUT2D eigenvalue weighted by atomic mass is 9.44. The van der Waals surface area contributed by atoms with Gasteiger partial charge in [0.05, 0.1) is 6.10 Å². The van der Waals surface area contributed by atoms with Crippen molar-refractivity contribution >= 4 is 0 Å².